The van der Waals surface area contributed by atoms with Crippen molar-refractivity contribution in [2.75, 3.05) is 13.2 Å². The summed E-state index contributed by atoms with van der Waals surface area (Å²) in [5.74, 6) is 0.655. The Bertz CT molecular complexity index is 1640. The summed E-state index contributed by atoms with van der Waals surface area (Å²) in [6, 6.07) is 0. The summed E-state index contributed by atoms with van der Waals surface area (Å²) in [5.41, 5.74) is -0.134. The number of fused-ring (bicyclic) bond motifs is 7. The standard InChI is InChI=1S/C45H72O17/c1-19-9-14-44(55-18-19)22(4)45(54)29(62-44)16-27-25-8-7-23-15-24(10-12-42(23,5)26(25)11-13-43(27,45)6)58-41-38(61-40-36(53)34(51)31(48)21(3)57-40)37(32(49)28(17-46)59-41)60-39-35(52)33(50)30(47)20(2)56-39/h7,19-22,24-41,46-54H,8-18H2,1-6H3/t19-,20+,21+,22-,24+,25-,26+,27+,28-,29+,30+,31+,32-,33-,34-,35-,36-,37+,38-,39+,40+,41-,42+,43+,44-,45-/m1/s1. The topological polar surface area (TPSA) is 256 Å². The molecule has 354 valence electrons. The van der Waals surface area contributed by atoms with Gasteiger partial charge in [0, 0.05) is 17.8 Å². The summed E-state index contributed by atoms with van der Waals surface area (Å²) in [7, 11) is 0. The maximum absolute atomic E-state index is 12.8. The van der Waals surface area contributed by atoms with Crippen molar-refractivity contribution in [3.63, 3.8) is 0 Å². The molecule has 0 amide bonds. The largest absolute Gasteiger partial charge is 0.394 e. The van der Waals surface area contributed by atoms with Crippen molar-refractivity contribution < 1.29 is 83.9 Å². The second-order valence-corrected chi connectivity index (χ2v) is 21.2. The van der Waals surface area contributed by atoms with E-state index < -0.39 is 116 Å². The van der Waals surface area contributed by atoms with Crippen LogP contribution in [0.3, 0.4) is 0 Å². The van der Waals surface area contributed by atoms with E-state index in [4.69, 9.17) is 37.9 Å². The molecule has 9 N–H and O–H groups in total. The zero-order chi connectivity index (χ0) is 44.4. The van der Waals surface area contributed by atoms with E-state index in [1.165, 1.54) is 19.4 Å². The van der Waals surface area contributed by atoms with E-state index in [-0.39, 0.29) is 28.8 Å². The Morgan fingerprint density at radius 2 is 1.34 bits per heavy atom. The van der Waals surface area contributed by atoms with Crippen LogP contribution in [0.1, 0.15) is 99.3 Å². The molecule has 5 aliphatic heterocycles. The Labute approximate surface area is 363 Å². The zero-order valence-corrected chi connectivity index (χ0v) is 36.8. The van der Waals surface area contributed by atoms with E-state index in [2.05, 4.69) is 33.8 Å². The molecule has 0 aromatic heterocycles. The van der Waals surface area contributed by atoms with Crippen molar-refractivity contribution in [2.45, 2.75) is 215 Å². The van der Waals surface area contributed by atoms with E-state index in [0.29, 0.717) is 37.2 Å². The Kier molecular flexibility index (Phi) is 12.4. The predicted molar refractivity (Wildman–Crippen MR) is 214 cm³/mol. The minimum atomic E-state index is -1.75. The maximum atomic E-state index is 12.8. The van der Waals surface area contributed by atoms with E-state index in [0.717, 1.165) is 44.9 Å². The molecule has 9 aliphatic rings. The molecular formula is C45H72O17. The number of allylic oxidation sites excluding steroid dienone is 1. The van der Waals surface area contributed by atoms with Gasteiger partial charge in [-0.2, -0.15) is 0 Å². The van der Waals surface area contributed by atoms with Crippen LogP contribution < -0.4 is 0 Å². The molecular weight excluding hydrogens is 812 g/mol. The van der Waals surface area contributed by atoms with Crippen molar-refractivity contribution in [1.82, 2.24) is 0 Å². The Hall–Kier alpha value is -0.940. The fourth-order valence-electron chi connectivity index (χ4n) is 13.9. The van der Waals surface area contributed by atoms with Crippen LogP contribution in [0.4, 0.5) is 0 Å². The lowest BCUT2D eigenvalue weighted by Gasteiger charge is -2.60. The van der Waals surface area contributed by atoms with Crippen LogP contribution in [0.2, 0.25) is 0 Å². The number of aliphatic hydroxyl groups excluding tert-OH is 8. The van der Waals surface area contributed by atoms with Gasteiger partial charge in [-0.05, 0) is 94.3 Å². The number of hydrogen-bond acceptors (Lipinski definition) is 17. The first-order valence-corrected chi connectivity index (χ1v) is 23.3. The van der Waals surface area contributed by atoms with Gasteiger partial charge in [0.25, 0.3) is 0 Å². The fourth-order valence-corrected chi connectivity index (χ4v) is 13.9. The molecule has 5 saturated heterocycles. The summed E-state index contributed by atoms with van der Waals surface area (Å²) in [5, 5.41) is 98.7. The van der Waals surface area contributed by atoms with Crippen LogP contribution in [0.5, 0.6) is 0 Å². The highest BCUT2D eigenvalue weighted by molar-refractivity contribution is 5.29. The van der Waals surface area contributed by atoms with Crippen LogP contribution in [0.15, 0.2) is 11.6 Å². The van der Waals surface area contributed by atoms with Gasteiger partial charge < -0.3 is 83.9 Å². The zero-order valence-electron chi connectivity index (χ0n) is 36.8. The smallest absolute Gasteiger partial charge is 0.187 e. The highest BCUT2D eigenvalue weighted by Gasteiger charge is 2.76. The molecule has 0 aromatic rings. The molecule has 9 rings (SSSR count). The molecule has 1 spiro atoms. The molecule has 0 aromatic carbocycles. The highest BCUT2D eigenvalue weighted by Crippen LogP contribution is 2.72. The lowest BCUT2D eigenvalue weighted by atomic mass is 9.46. The third-order valence-corrected chi connectivity index (χ3v) is 17.9. The highest BCUT2D eigenvalue weighted by atomic mass is 16.8. The first-order chi connectivity index (χ1) is 29.3. The molecule has 0 unspecified atom stereocenters. The quantitative estimate of drug-likeness (QED) is 0.157. The van der Waals surface area contributed by atoms with Crippen LogP contribution in [0, 0.1) is 40.4 Å². The average molecular weight is 885 g/mol. The number of ether oxygens (including phenoxy) is 8. The molecule has 4 aliphatic carbocycles. The Morgan fingerprint density at radius 3 is 1.95 bits per heavy atom. The van der Waals surface area contributed by atoms with E-state index in [9.17, 15) is 46.0 Å². The Morgan fingerprint density at radius 1 is 0.694 bits per heavy atom. The van der Waals surface area contributed by atoms with Gasteiger partial charge in [-0.15, -0.1) is 0 Å². The van der Waals surface area contributed by atoms with Gasteiger partial charge in [0.05, 0.1) is 37.6 Å². The minimum absolute atomic E-state index is 0.122. The molecule has 17 heteroatoms. The third kappa shape index (κ3) is 7.05. The molecule has 5 heterocycles. The summed E-state index contributed by atoms with van der Waals surface area (Å²) in [6.07, 6.45) is -12.9. The molecule has 8 fully saturated rings. The van der Waals surface area contributed by atoms with Crippen LogP contribution in [-0.4, -0.2) is 175 Å². The first kappa shape index (κ1) is 46.2. The predicted octanol–water partition coefficient (Wildman–Crippen LogP) is 0.357. The van der Waals surface area contributed by atoms with Crippen LogP contribution in [-0.2, 0) is 37.9 Å². The molecule has 0 radical (unpaired) electrons. The summed E-state index contributed by atoms with van der Waals surface area (Å²) in [4.78, 5) is 0. The maximum Gasteiger partial charge on any atom is 0.187 e. The van der Waals surface area contributed by atoms with E-state index >= 15 is 0 Å². The van der Waals surface area contributed by atoms with E-state index in [1.807, 2.05) is 0 Å². The first-order valence-electron chi connectivity index (χ1n) is 23.3. The third-order valence-electron chi connectivity index (χ3n) is 17.9. The molecule has 3 saturated carbocycles. The average Bonchev–Trinajstić information content (AvgIpc) is 3.60. The van der Waals surface area contributed by atoms with Crippen LogP contribution in [0.25, 0.3) is 0 Å². The molecule has 62 heavy (non-hydrogen) atoms. The van der Waals surface area contributed by atoms with Gasteiger partial charge in [0.15, 0.2) is 24.7 Å². The molecule has 17 nitrogen and oxygen atoms in total. The minimum Gasteiger partial charge on any atom is -0.394 e. The van der Waals surface area contributed by atoms with Gasteiger partial charge in [-0.25, -0.2) is 0 Å². The fraction of sp³-hybridized carbons (Fsp3) is 0.956. The van der Waals surface area contributed by atoms with Gasteiger partial charge in [-0.3, -0.25) is 0 Å². The normalized spacial score (nSPS) is 58.9. The second kappa shape index (κ2) is 16.7. The van der Waals surface area contributed by atoms with E-state index in [1.54, 1.807) is 0 Å². The Balaban J connectivity index is 0.945. The van der Waals surface area contributed by atoms with Gasteiger partial charge in [0.2, 0.25) is 0 Å². The monoisotopic (exact) mass is 884 g/mol. The number of aliphatic hydroxyl groups is 9. The number of hydrogen-bond donors (Lipinski definition) is 9. The SMILES string of the molecule is C[C@@H]1CC[C@@]2(OC1)O[C@H]1C[C@H]3[C@@H]4CC=C5C[C@@H](O[C@@H]6O[C@H](CO)[C@@H](O)[C@H](O[C@@H]7O[C@@H](C)[C@H](O)[C@@H](O)[C@H]7O)[C@H]6O[C@@H]6O[C@@H](C)[C@H](O)[C@@H](O)[C@H]6O)CC[C@]5(C)[C@H]4CC[C@]3(C)[C@@]1(O)[C@@H]2C. The van der Waals surface area contributed by atoms with Crippen molar-refractivity contribution in [3.05, 3.63) is 11.6 Å². The van der Waals surface area contributed by atoms with Crippen molar-refractivity contribution in [2.24, 2.45) is 40.4 Å². The lowest BCUT2D eigenvalue weighted by molar-refractivity contribution is -0.393. The summed E-state index contributed by atoms with van der Waals surface area (Å²) in [6.45, 7) is 12.0. The summed E-state index contributed by atoms with van der Waals surface area (Å²) < 4.78 is 50.2. The van der Waals surface area contributed by atoms with Crippen molar-refractivity contribution >= 4 is 0 Å². The second-order valence-electron chi connectivity index (χ2n) is 21.2. The van der Waals surface area contributed by atoms with Crippen LogP contribution >= 0.6 is 0 Å². The summed E-state index contributed by atoms with van der Waals surface area (Å²) >= 11 is 0. The lowest BCUT2D eigenvalue weighted by Crippen LogP contribution is -2.67. The number of rotatable bonds is 7. The molecule has 26 atom stereocenters. The van der Waals surface area contributed by atoms with Crippen molar-refractivity contribution in [3.8, 4) is 0 Å². The van der Waals surface area contributed by atoms with Gasteiger partial charge in [-0.1, -0.05) is 39.3 Å². The van der Waals surface area contributed by atoms with Gasteiger partial charge >= 0.3 is 0 Å². The van der Waals surface area contributed by atoms with Crippen molar-refractivity contribution in [1.29, 1.82) is 0 Å². The van der Waals surface area contributed by atoms with Gasteiger partial charge in [0.1, 0.15) is 66.6 Å². The molecule has 0 bridgehead atoms.